The van der Waals surface area contributed by atoms with E-state index in [1.807, 2.05) is 12.1 Å². The van der Waals surface area contributed by atoms with Crippen LogP contribution in [0.1, 0.15) is 28.8 Å². The van der Waals surface area contributed by atoms with Crippen molar-refractivity contribution in [2.24, 2.45) is 0 Å². The van der Waals surface area contributed by atoms with Crippen molar-refractivity contribution in [2.75, 3.05) is 27.3 Å². The van der Waals surface area contributed by atoms with Crippen molar-refractivity contribution < 1.29 is 18.7 Å². The number of halogens is 2. The number of methoxy groups -OCH3 is 2. The van der Waals surface area contributed by atoms with E-state index < -0.39 is 0 Å². The third-order valence-corrected chi connectivity index (χ3v) is 5.85. The lowest BCUT2D eigenvalue weighted by Crippen LogP contribution is -2.44. The maximum absolute atomic E-state index is 13.0. The van der Waals surface area contributed by atoms with Crippen LogP contribution in [-0.2, 0) is 6.54 Å². The van der Waals surface area contributed by atoms with Crippen LogP contribution in [0, 0.1) is 9.39 Å². The topological polar surface area (TPSA) is 50.8 Å². The maximum Gasteiger partial charge on any atom is 0.252 e. The molecule has 1 N–H and O–H groups in total. The predicted molar refractivity (Wildman–Crippen MR) is 114 cm³/mol. The predicted octanol–water partition coefficient (Wildman–Crippen LogP) is 3.84. The van der Waals surface area contributed by atoms with Gasteiger partial charge in [-0.1, -0.05) is 12.1 Å². The lowest BCUT2D eigenvalue weighted by molar-refractivity contribution is 0.0907. The average Bonchev–Trinajstić information content (AvgIpc) is 2.70. The fraction of sp³-hybridized carbons (Fsp3) is 0.381. The van der Waals surface area contributed by atoms with Crippen LogP contribution in [0.2, 0.25) is 0 Å². The average molecular weight is 498 g/mol. The first-order chi connectivity index (χ1) is 13.5. The van der Waals surface area contributed by atoms with Gasteiger partial charge in [-0.2, -0.15) is 0 Å². The van der Waals surface area contributed by atoms with Crippen molar-refractivity contribution in [2.45, 2.75) is 25.4 Å². The quantitative estimate of drug-likeness (QED) is 0.616. The number of carbonyl (C=O) groups excluding carboxylic acids is 1. The van der Waals surface area contributed by atoms with Gasteiger partial charge >= 0.3 is 0 Å². The number of hydrogen-bond acceptors (Lipinski definition) is 4. The summed E-state index contributed by atoms with van der Waals surface area (Å²) in [6.07, 6.45) is 1.77. The Morgan fingerprint density at radius 1 is 1.14 bits per heavy atom. The van der Waals surface area contributed by atoms with Gasteiger partial charge in [-0.25, -0.2) is 4.39 Å². The Balaban J connectivity index is 1.55. The summed E-state index contributed by atoms with van der Waals surface area (Å²) in [6, 6.07) is 10.3. The molecule has 1 aliphatic heterocycles. The molecule has 1 heterocycles. The Morgan fingerprint density at radius 2 is 1.75 bits per heavy atom. The number of ether oxygens (including phenoxy) is 2. The van der Waals surface area contributed by atoms with E-state index in [1.54, 1.807) is 26.4 Å². The van der Waals surface area contributed by atoms with E-state index in [1.165, 1.54) is 12.1 Å². The van der Waals surface area contributed by atoms with Gasteiger partial charge in [-0.05, 0) is 65.3 Å². The molecule has 1 aliphatic rings. The molecule has 2 aromatic carbocycles. The second kappa shape index (κ2) is 9.56. The number of carbonyl (C=O) groups is 1. The van der Waals surface area contributed by atoms with E-state index >= 15 is 0 Å². The first-order valence-electron chi connectivity index (χ1n) is 9.19. The van der Waals surface area contributed by atoms with Crippen molar-refractivity contribution in [3.8, 4) is 11.5 Å². The Kier molecular flexibility index (Phi) is 7.12. The summed E-state index contributed by atoms with van der Waals surface area (Å²) in [5.41, 5.74) is 1.69. The molecule has 0 unspecified atom stereocenters. The lowest BCUT2D eigenvalue weighted by atomic mass is 10.0. The number of amides is 1. The fourth-order valence-corrected chi connectivity index (χ4v) is 4.06. The molecule has 0 aromatic heterocycles. The smallest absolute Gasteiger partial charge is 0.252 e. The number of benzene rings is 2. The van der Waals surface area contributed by atoms with Crippen molar-refractivity contribution >= 4 is 28.5 Å². The summed E-state index contributed by atoms with van der Waals surface area (Å²) in [5.74, 6) is 0.844. The van der Waals surface area contributed by atoms with Crippen molar-refractivity contribution in [3.63, 3.8) is 0 Å². The summed E-state index contributed by atoms with van der Waals surface area (Å²) in [4.78, 5) is 15.1. The van der Waals surface area contributed by atoms with Gasteiger partial charge in [0.15, 0.2) is 11.5 Å². The zero-order valence-electron chi connectivity index (χ0n) is 16.0. The van der Waals surface area contributed by atoms with Gasteiger partial charge in [-0.15, -0.1) is 0 Å². The van der Waals surface area contributed by atoms with Crippen molar-refractivity contribution in [3.05, 3.63) is 56.9 Å². The van der Waals surface area contributed by atoms with E-state index in [0.29, 0.717) is 17.1 Å². The summed E-state index contributed by atoms with van der Waals surface area (Å²) in [7, 11) is 3.14. The van der Waals surface area contributed by atoms with Gasteiger partial charge in [0, 0.05) is 29.2 Å². The molecule has 0 saturated carbocycles. The molecular formula is C21H24FIN2O3. The minimum atomic E-state index is -0.213. The van der Waals surface area contributed by atoms with Crippen LogP contribution in [0.15, 0.2) is 36.4 Å². The molecule has 0 aliphatic carbocycles. The molecule has 2 aromatic rings. The summed E-state index contributed by atoms with van der Waals surface area (Å²) < 4.78 is 24.4. The lowest BCUT2D eigenvalue weighted by Gasteiger charge is -2.32. The van der Waals surface area contributed by atoms with Crippen LogP contribution >= 0.6 is 22.6 Å². The monoisotopic (exact) mass is 498 g/mol. The Hall–Kier alpha value is -1.87. The van der Waals surface area contributed by atoms with Crippen LogP contribution in [0.4, 0.5) is 4.39 Å². The molecule has 1 amide bonds. The molecule has 0 bridgehead atoms. The molecule has 3 rings (SSSR count). The van der Waals surface area contributed by atoms with Gasteiger partial charge in [-0.3, -0.25) is 9.69 Å². The summed E-state index contributed by atoms with van der Waals surface area (Å²) >= 11 is 2.14. The summed E-state index contributed by atoms with van der Waals surface area (Å²) in [5, 5.41) is 3.14. The van der Waals surface area contributed by atoms with Crippen LogP contribution in [0.3, 0.4) is 0 Å². The van der Waals surface area contributed by atoms with Crippen LogP contribution in [0.5, 0.6) is 11.5 Å². The molecular weight excluding hydrogens is 474 g/mol. The van der Waals surface area contributed by atoms with E-state index in [4.69, 9.17) is 9.47 Å². The van der Waals surface area contributed by atoms with Gasteiger partial charge in [0.1, 0.15) is 5.82 Å². The summed E-state index contributed by atoms with van der Waals surface area (Å²) in [6.45, 7) is 2.59. The van der Waals surface area contributed by atoms with Crippen LogP contribution in [-0.4, -0.2) is 44.2 Å². The number of nitrogens with zero attached hydrogens (tertiary/aromatic N) is 1. The highest BCUT2D eigenvalue weighted by molar-refractivity contribution is 14.1. The highest BCUT2D eigenvalue weighted by Crippen LogP contribution is 2.31. The van der Waals surface area contributed by atoms with E-state index in [0.717, 1.165) is 41.6 Å². The van der Waals surface area contributed by atoms with Crippen molar-refractivity contribution in [1.29, 1.82) is 0 Å². The number of nitrogens with one attached hydrogen (secondary N) is 1. The van der Waals surface area contributed by atoms with Gasteiger partial charge in [0.25, 0.3) is 5.91 Å². The molecule has 28 heavy (non-hydrogen) atoms. The first-order valence-corrected chi connectivity index (χ1v) is 10.3. The standard InChI is InChI=1S/C21H24FIN2O3/c1-27-19-11-17(18(23)12-20(19)28-2)21(26)24-16-7-9-25(10-8-16)13-14-3-5-15(22)6-4-14/h3-6,11-12,16H,7-10,13H2,1-2H3,(H,24,26). The van der Waals surface area contributed by atoms with Crippen molar-refractivity contribution in [1.82, 2.24) is 10.2 Å². The van der Waals surface area contributed by atoms with E-state index in [-0.39, 0.29) is 17.8 Å². The molecule has 0 spiro atoms. The highest BCUT2D eigenvalue weighted by atomic mass is 127. The van der Waals surface area contributed by atoms with Gasteiger partial charge in [0.2, 0.25) is 0 Å². The fourth-order valence-electron chi connectivity index (χ4n) is 3.37. The zero-order chi connectivity index (χ0) is 20.1. The Labute approximate surface area is 178 Å². The Morgan fingerprint density at radius 3 is 2.36 bits per heavy atom. The molecule has 7 heteroatoms. The Bertz CT molecular complexity index is 821. The number of piperidine rings is 1. The van der Waals surface area contributed by atoms with Crippen LogP contribution < -0.4 is 14.8 Å². The SMILES string of the molecule is COc1cc(I)c(C(=O)NC2CCN(Cc3ccc(F)cc3)CC2)cc1OC. The minimum Gasteiger partial charge on any atom is -0.493 e. The second-order valence-corrected chi connectivity index (χ2v) is 8.00. The number of rotatable bonds is 6. The van der Waals surface area contributed by atoms with Gasteiger partial charge in [0.05, 0.1) is 19.8 Å². The second-order valence-electron chi connectivity index (χ2n) is 6.84. The maximum atomic E-state index is 13.0. The normalized spacial score (nSPS) is 15.3. The largest absolute Gasteiger partial charge is 0.493 e. The van der Waals surface area contributed by atoms with E-state index in [9.17, 15) is 9.18 Å². The molecule has 0 atom stereocenters. The van der Waals surface area contributed by atoms with E-state index in [2.05, 4.69) is 32.8 Å². The first kappa shape index (κ1) is 20.9. The zero-order valence-corrected chi connectivity index (χ0v) is 18.2. The third kappa shape index (κ3) is 5.14. The minimum absolute atomic E-state index is 0.0951. The van der Waals surface area contributed by atoms with Crippen LogP contribution in [0.25, 0.3) is 0 Å². The number of hydrogen-bond donors (Lipinski definition) is 1. The highest BCUT2D eigenvalue weighted by Gasteiger charge is 2.23. The molecule has 150 valence electrons. The molecule has 1 saturated heterocycles. The van der Waals surface area contributed by atoms with Gasteiger partial charge < -0.3 is 14.8 Å². The molecule has 5 nitrogen and oxygen atoms in total. The molecule has 1 fully saturated rings. The number of likely N-dealkylation sites (tertiary alicyclic amines) is 1. The third-order valence-electron chi connectivity index (χ3n) is 4.96. The molecule has 0 radical (unpaired) electrons.